The van der Waals surface area contributed by atoms with Gasteiger partial charge >= 0.3 is 0 Å². The van der Waals surface area contributed by atoms with Gasteiger partial charge in [0, 0.05) is 57.4 Å². The monoisotopic (exact) mass is 674 g/mol. The number of rotatable bonds is 7. The fraction of sp³-hybridized carbons (Fsp3) is 0.167. The highest BCUT2D eigenvalue weighted by Gasteiger charge is 2.35. The first kappa shape index (κ1) is 30.8. The van der Waals surface area contributed by atoms with Crippen molar-refractivity contribution in [1.29, 1.82) is 0 Å². The minimum Gasteiger partial charge on any atom is -0.484 e. The van der Waals surface area contributed by atoms with Gasteiger partial charge in [0.25, 0.3) is 0 Å². The van der Waals surface area contributed by atoms with Gasteiger partial charge in [0.15, 0.2) is 5.58 Å². The maximum atomic E-state index is 6.40. The Morgan fingerprint density at radius 1 is 0.827 bits per heavy atom. The highest BCUT2D eigenvalue weighted by molar-refractivity contribution is 6.18. The summed E-state index contributed by atoms with van der Waals surface area (Å²) < 4.78 is 12.7. The Labute approximate surface area is 302 Å². The van der Waals surface area contributed by atoms with E-state index in [1.54, 1.807) is 0 Å². The predicted octanol–water partition coefficient (Wildman–Crippen LogP) is 9.95. The van der Waals surface area contributed by atoms with Gasteiger partial charge in [-0.1, -0.05) is 121 Å². The van der Waals surface area contributed by atoms with Gasteiger partial charge in [0.2, 0.25) is 0 Å². The maximum absolute atomic E-state index is 6.40. The largest absolute Gasteiger partial charge is 0.484 e. The van der Waals surface area contributed by atoms with Crippen LogP contribution in [0.4, 0.5) is 0 Å². The van der Waals surface area contributed by atoms with Crippen LogP contribution in [0, 0.1) is 17.8 Å². The molecule has 252 valence electrons. The van der Waals surface area contributed by atoms with Gasteiger partial charge in [0.1, 0.15) is 17.4 Å². The number of nitrogens with zero attached hydrogens (tertiary/aromatic N) is 2. The van der Waals surface area contributed by atoms with Crippen molar-refractivity contribution in [2.75, 3.05) is 0 Å². The van der Waals surface area contributed by atoms with Crippen LogP contribution in [0.25, 0.3) is 49.4 Å². The van der Waals surface area contributed by atoms with Crippen molar-refractivity contribution in [3.05, 3.63) is 179 Å². The van der Waals surface area contributed by atoms with Gasteiger partial charge in [-0.3, -0.25) is 9.97 Å². The van der Waals surface area contributed by atoms with Crippen LogP contribution < -0.4 is 15.2 Å². The molecule has 0 bridgehead atoms. The zero-order valence-electron chi connectivity index (χ0n) is 29.1. The van der Waals surface area contributed by atoms with Gasteiger partial charge in [-0.05, 0) is 71.0 Å². The molecule has 0 saturated carbocycles. The Hall–Kier alpha value is -6.00. The summed E-state index contributed by atoms with van der Waals surface area (Å²) in [5.74, 6) is 1.75. The van der Waals surface area contributed by atoms with Gasteiger partial charge in [-0.2, -0.15) is 0 Å². The molecule has 0 N–H and O–H groups in total. The number of pyridine rings is 2. The zero-order valence-corrected chi connectivity index (χ0v) is 29.1. The van der Waals surface area contributed by atoms with E-state index in [4.69, 9.17) is 14.1 Å². The van der Waals surface area contributed by atoms with Gasteiger partial charge in [-0.15, -0.1) is 0 Å². The van der Waals surface area contributed by atoms with E-state index < -0.39 is 0 Å². The van der Waals surface area contributed by atoms with E-state index in [9.17, 15) is 0 Å². The van der Waals surface area contributed by atoms with Crippen LogP contribution in [0.15, 0.2) is 162 Å². The third kappa shape index (κ3) is 5.04. The topological polar surface area (TPSA) is 48.2 Å². The number of benzene rings is 3. The van der Waals surface area contributed by atoms with E-state index >= 15 is 0 Å². The number of allylic oxidation sites excluding steroid dienone is 10. The third-order valence-corrected chi connectivity index (χ3v) is 11.4. The van der Waals surface area contributed by atoms with E-state index in [0.29, 0.717) is 5.92 Å². The standard InChI is InChI=1S/C48H38N2O2/c1-2-30(12-3-4-13-31-14-11-20-39-36-17-9-10-21-43(36)52-48(31)39)26-40-34-15-5-7-18-37(34)46(38-19-8-6-16-35(38)40)42-27-41-45(29-50-42)51-44-23-22-32-28-49-25-24-33(32)47(41)44/h3-12,14-25,27-29,31,34,37,48H,2,13,26H2,1H3/b4-3-,30-12+. The van der Waals surface area contributed by atoms with Crippen LogP contribution >= 0.6 is 0 Å². The molecule has 0 radical (unpaired) electrons. The number of fused-ring (bicyclic) bond motifs is 10. The molecule has 0 spiro atoms. The normalized spacial score (nSPS) is 21.8. The first-order valence-corrected chi connectivity index (χ1v) is 18.5. The Kier molecular flexibility index (Phi) is 7.49. The average molecular weight is 675 g/mol. The third-order valence-electron chi connectivity index (χ3n) is 11.4. The molecular weight excluding hydrogens is 637 g/mol. The molecule has 4 heterocycles. The molecule has 52 heavy (non-hydrogen) atoms. The number of furan rings is 1. The summed E-state index contributed by atoms with van der Waals surface area (Å²) in [7, 11) is 0. The van der Waals surface area contributed by atoms with Crippen molar-refractivity contribution in [3.8, 4) is 5.75 Å². The van der Waals surface area contributed by atoms with Crippen LogP contribution in [0.2, 0.25) is 0 Å². The molecule has 3 aromatic heterocycles. The molecule has 0 amide bonds. The van der Waals surface area contributed by atoms with Crippen LogP contribution in [0.1, 0.15) is 37.4 Å². The number of hydrogen-bond acceptors (Lipinski definition) is 4. The summed E-state index contributed by atoms with van der Waals surface area (Å²) in [6, 6.07) is 25.8. The molecule has 3 aromatic carbocycles. The van der Waals surface area contributed by atoms with Crippen LogP contribution in [0.5, 0.6) is 5.75 Å². The van der Waals surface area contributed by atoms with E-state index in [0.717, 1.165) is 63.4 Å². The summed E-state index contributed by atoms with van der Waals surface area (Å²) in [5.41, 5.74) is 9.39. The predicted molar refractivity (Wildman–Crippen MR) is 212 cm³/mol. The fourth-order valence-corrected chi connectivity index (χ4v) is 8.85. The minimum absolute atomic E-state index is 0.0866. The lowest BCUT2D eigenvalue weighted by molar-refractivity contribution is 0.227. The molecule has 4 atom stereocenters. The SMILES string of the molecule is CC/C(=C\C=C/CC1C=CC=C2c3ccccc3OC21)CC1=c2ccccc2=C(c2cc3c(cn2)oc2ccc4cnccc4c23)C2C=CC=CC12. The van der Waals surface area contributed by atoms with E-state index in [-0.39, 0.29) is 17.9 Å². The molecule has 0 fully saturated rings. The molecule has 6 aromatic rings. The van der Waals surface area contributed by atoms with Crippen molar-refractivity contribution < 1.29 is 9.15 Å². The lowest BCUT2D eigenvalue weighted by Gasteiger charge is -2.33. The van der Waals surface area contributed by atoms with Gasteiger partial charge in [-0.25, -0.2) is 0 Å². The lowest BCUT2D eigenvalue weighted by atomic mass is 9.71. The summed E-state index contributed by atoms with van der Waals surface area (Å²) in [4.78, 5) is 9.43. The highest BCUT2D eigenvalue weighted by atomic mass is 16.5. The summed E-state index contributed by atoms with van der Waals surface area (Å²) >= 11 is 0. The first-order valence-electron chi connectivity index (χ1n) is 18.5. The minimum atomic E-state index is 0.0866. The smallest absolute Gasteiger partial charge is 0.153 e. The molecule has 4 nitrogen and oxygen atoms in total. The van der Waals surface area contributed by atoms with Crippen LogP contribution in [0.3, 0.4) is 0 Å². The molecule has 10 rings (SSSR count). The lowest BCUT2D eigenvalue weighted by Crippen LogP contribution is -2.40. The van der Waals surface area contributed by atoms with E-state index in [1.807, 2.05) is 24.7 Å². The molecular formula is C48H38N2O2. The van der Waals surface area contributed by atoms with Crippen molar-refractivity contribution >= 4 is 49.4 Å². The second-order valence-corrected chi connectivity index (χ2v) is 14.2. The number of para-hydroxylation sites is 1. The van der Waals surface area contributed by atoms with Gasteiger partial charge in [0.05, 0.1) is 11.9 Å². The molecule has 4 aliphatic rings. The van der Waals surface area contributed by atoms with E-state index in [2.05, 4.69) is 139 Å². The second-order valence-electron chi connectivity index (χ2n) is 14.2. The number of hydrogen-bond donors (Lipinski definition) is 0. The van der Waals surface area contributed by atoms with Gasteiger partial charge < -0.3 is 9.15 Å². The van der Waals surface area contributed by atoms with Crippen molar-refractivity contribution in [1.82, 2.24) is 9.97 Å². The Bertz CT molecular complexity index is 2740. The van der Waals surface area contributed by atoms with Crippen molar-refractivity contribution in [2.24, 2.45) is 17.8 Å². The zero-order chi connectivity index (χ0) is 34.6. The molecule has 3 aliphatic carbocycles. The molecule has 4 unspecified atom stereocenters. The Morgan fingerprint density at radius 2 is 1.69 bits per heavy atom. The molecule has 1 aliphatic heterocycles. The highest BCUT2D eigenvalue weighted by Crippen LogP contribution is 2.44. The second kappa shape index (κ2) is 12.6. The number of aromatic nitrogens is 2. The molecule has 4 heteroatoms. The summed E-state index contributed by atoms with van der Waals surface area (Å²) in [5, 5.41) is 7.05. The maximum Gasteiger partial charge on any atom is 0.153 e. The van der Waals surface area contributed by atoms with Crippen LogP contribution in [-0.2, 0) is 0 Å². The quantitative estimate of drug-likeness (QED) is 0.158. The van der Waals surface area contributed by atoms with Crippen molar-refractivity contribution in [3.63, 3.8) is 0 Å². The molecule has 0 saturated heterocycles. The summed E-state index contributed by atoms with van der Waals surface area (Å²) in [6.07, 6.45) is 31.4. The Morgan fingerprint density at radius 3 is 2.62 bits per heavy atom. The fourth-order valence-electron chi connectivity index (χ4n) is 8.85. The van der Waals surface area contributed by atoms with Crippen molar-refractivity contribution in [2.45, 2.75) is 32.3 Å². The first-order chi connectivity index (χ1) is 25.7. The summed E-state index contributed by atoms with van der Waals surface area (Å²) in [6.45, 7) is 2.28. The van der Waals surface area contributed by atoms with Crippen LogP contribution in [-0.4, -0.2) is 16.1 Å². The Balaban J connectivity index is 1.01. The average Bonchev–Trinajstić information content (AvgIpc) is 3.77. The van der Waals surface area contributed by atoms with E-state index in [1.165, 1.54) is 38.3 Å². The number of ether oxygens (including phenoxy) is 1.